The molecular formula is C18H22ClFN4O. The van der Waals surface area contributed by atoms with E-state index in [-0.39, 0.29) is 29.3 Å². The fourth-order valence-electron chi connectivity index (χ4n) is 2.52. The second-order valence-electron chi connectivity index (χ2n) is 6.68. The highest BCUT2D eigenvalue weighted by Gasteiger charge is 2.27. The van der Waals surface area contributed by atoms with Gasteiger partial charge in [-0.1, -0.05) is 31.5 Å². The van der Waals surface area contributed by atoms with Gasteiger partial charge in [-0.2, -0.15) is 4.98 Å². The van der Waals surface area contributed by atoms with Crippen LogP contribution in [0.3, 0.4) is 0 Å². The molecule has 1 aliphatic carbocycles. The zero-order valence-electron chi connectivity index (χ0n) is 14.3. The predicted molar refractivity (Wildman–Crippen MR) is 98.0 cm³/mol. The Kier molecular flexibility index (Phi) is 5.39. The minimum absolute atomic E-state index is 0.0173. The van der Waals surface area contributed by atoms with Crippen LogP contribution in [-0.4, -0.2) is 27.7 Å². The van der Waals surface area contributed by atoms with Crippen LogP contribution in [0.2, 0.25) is 5.02 Å². The normalized spacial score (nSPS) is 15.3. The number of aliphatic hydroxyl groups is 1. The molecule has 0 spiro atoms. The molecular weight excluding hydrogens is 343 g/mol. The largest absolute Gasteiger partial charge is 0.394 e. The summed E-state index contributed by atoms with van der Waals surface area (Å²) in [6, 6.07) is 6.20. The summed E-state index contributed by atoms with van der Waals surface area (Å²) in [7, 11) is 0. The Morgan fingerprint density at radius 3 is 2.68 bits per heavy atom. The van der Waals surface area contributed by atoms with E-state index in [0.29, 0.717) is 17.7 Å². The number of halogens is 2. The molecule has 1 aromatic heterocycles. The quantitative estimate of drug-likeness (QED) is 0.682. The number of anilines is 3. The molecule has 25 heavy (non-hydrogen) atoms. The first kappa shape index (κ1) is 17.9. The molecule has 0 aliphatic heterocycles. The van der Waals surface area contributed by atoms with E-state index in [1.165, 1.54) is 6.07 Å². The average Bonchev–Trinajstić information content (AvgIpc) is 3.41. The number of nitrogens with zero attached hydrogens (tertiary/aromatic N) is 2. The summed E-state index contributed by atoms with van der Waals surface area (Å²) in [5.74, 6) is 1.09. The van der Waals surface area contributed by atoms with Crippen molar-refractivity contribution in [3.05, 3.63) is 40.8 Å². The van der Waals surface area contributed by atoms with Gasteiger partial charge in [0.1, 0.15) is 11.6 Å². The van der Waals surface area contributed by atoms with Gasteiger partial charge >= 0.3 is 0 Å². The summed E-state index contributed by atoms with van der Waals surface area (Å²) in [5.41, 5.74) is 1.10. The highest BCUT2D eigenvalue weighted by atomic mass is 35.5. The third kappa shape index (κ3) is 4.38. The second-order valence-corrected chi connectivity index (χ2v) is 7.08. The van der Waals surface area contributed by atoms with Crippen LogP contribution in [0.4, 0.5) is 21.8 Å². The van der Waals surface area contributed by atoms with Crippen molar-refractivity contribution in [3.8, 4) is 0 Å². The number of hydrogen-bond acceptors (Lipinski definition) is 5. The molecule has 2 aromatic rings. The summed E-state index contributed by atoms with van der Waals surface area (Å²) in [4.78, 5) is 8.97. The van der Waals surface area contributed by atoms with E-state index in [1.54, 1.807) is 12.1 Å². The van der Waals surface area contributed by atoms with E-state index in [0.717, 1.165) is 18.5 Å². The minimum Gasteiger partial charge on any atom is -0.394 e. The van der Waals surface area contributed by atoms with Gasteiger partial charge in [0.2, 0.25) is 5.95 Å². The molecule has 0 bridgehead atoms. The number of benzene rings is 1. The lowest BCUT2D eigenvalue weighted by molar-refractivity contribution is 0.248. The van der Waals surface area contributed by atoms with Gasteiger partial charge in [-0.3, -0.25) is 0 Å². The molecule has 1 heterocycles. The van der Waals surface area contributed by atoms with Crippen molar-refractivity contribution in [1.29, 1.82) is 0 Å². The fraction of sp³-hybridized carbons (Fsp3) is 0.444. The van der Waals surface area contributed by atoms with Crippen LogP contribution in [-0.2, 0) is 0 Å². The number of aliphatic hydroxyl groups excluding tert-OH is 1. The van der Waals surface area contributed by atoms with Gasteiger partial charge in [-0.15, -0.1) is 0 Å². The molecule has 1 fully saturated rings. The van der Waals surface area contributed by atoms with Crippen molar-refractivity contribution >= 4 is 29.1 Å². The topological polar surface area (TPSA) is 70.1 Å². The van der Waals surface area contributed by atoms with Crippen molar-refractivity contribution in [1.82, 2.24) is 9.97 Å². The van der Waals surface area contributed by atoms with Crippen molar-refractivity contribution in [2.24, 2.45) is 5.92 Å². The molecule has 0 unspecified atom stereocenters. The van der Waals surface area contributed by atoms with Crippen molar-refractivity contribution in [3.63, 3.8) is 0 Å². The summed E-state index contributed by atoms with van der Waals surface area (Å²) >= 11 is 6.09. The molecule has 3 N–H and O–H groups in total. The van der Waals surface area contributed by atoms with E-state index < -0.39 is 5.82 Å². The zero-order valence-corrected chi connectivity index (χ0v) is 15.0. The summed E-state index contributed by atoms with van der Waals surface area (Å²) < 4.78 is 14.0. The predicted octanol–water partition coefficient (Wildman–Crippen LogP) is 4.32. The maximum atomic E-state index is 14.0. The van der Waals surface area contributed by atoms with Crippen LogP contribution in [0.25, 0.3) is 0 Å². The number of nitrogens with one attached hydrogen (secondary N) is 2. The SMILES string of the molecule is CC(C)[C@@H](CO)Nc1nc(Nc2c(F)cccc2Cl)cc(C2CC2)n1. The Hall–Kier alpha value is -1.92. The zero-order chi connectivity index (χ0) is 18.0. The molecule has 7 heteroatoms. The standard InChI is InChI=1S/C18H22ClFN4O/c1-10(2)15(9-25)22-18-21-14(11-6-7-11)8-16(24-18)23-17-12(19)4-3-5-13(17)20/h3-5,8,10-11,15,25H,6-7,9H2,1-2H3,(H2,21,22,23,24)/t15-/m1/s1. The lowest BCUT2D eigenvalue weighted by atomic mass is 10.1. The molecule has 0 amide bonds. The molecule has 1 atom stereocenters. The van der Waals surface area contributed by atoms with Crippen LogP contribution >= 0.6 is 11.6 Å². The third-order valence-corrected chi connectivity index (χ3v) is 4.59. The number of hydrogen-bond donors (Lipinski definition) is 3. The Bertz CT molecular complexity index is 732. The van der Waals surface area contributed by atoms with Crippen molar-refractivity contribution < 1.29 is 9.50 Å². The van der Waals surface area contributed by atoms with Gasteiger partial charge in [0.25, 0.3) is 0 Å². The first-order chi connectivity index (χ1) is 12.0. The Morgan fingerprint density at radius 2 is 2.08 bits per heavy atom. The molecule has 3 rings (SSSR count). The van der Waals surface area contributed by atoms with Crippen molar-refractivity contribution in [2.45, 2.75) is 38.6 Å². The Labute approximate surface area is 151 Å². The van der Waals surface area contributed by atoms with E-state index >= 15 is 0 Å². The molecule has 134 valence electrons. The van der Waals surface area contributed by atoms with Gasteiger partial charge in [-0.05, 0) is 30.9 Å². The van der Waals surface area contributed by atoms with Crippen LogP contribution < -0.4 is 10.6 Å². The average molecular weight is 365 g/mol. The number of rotatable bonds is 7. The molecule has 0 saturated heterocycles. The lowest BCUT2D eigenvalue weighted by Crippen LogP contribution is -2.30. The maximum absolute atomic E-state index is 14.0. The monoisotopic (exact) mass is 364 g/mol. The van der Waals surface area contributed by atoms with Crippen LogP contribution in [0, 0.1) is 11.7 Å². The third-order valence-electron chi connectivity index (χ3n) is 4.27. The highest BCUT2D eigenvalue weighted by Crippen LogP contribution is 2.40. The second kappa shape index (κ2) is 7.54. The van der Waals surface area contributed by atoms with Crippen LogP contribution in [0.1, 0.15) is 38.3 Å². The van der Waals surface area contributed by atoms with E-state index in [2.05, 4.69) is 20.6 Å². The number of aromatic nitrogens is 2. The maximum Gasteiger partial charge on any atom is 0.225 e. The van der Waals surface area contributed by atoms with E-state index in [1.807, 2.05) is 19.9 Å². The summed E-state index contributed by atoms with van der Waals surface area (Å²) in [5, 5.41) is 15.9. The smallest absolute Gasteiger partial charge is 0.225 e. The summed E-state index contributed by atoms with van der Waals surface area (Å²) in [6.45, 7) is 4.00. The van der Waals surface area contributed by atoms with E-state index in [9.17, 15) is 9.50 Å². The van der Waals surface area contributed by atoms with Gasteiger partial charge in [0.15, 0.2) is 0 Å². The van der Waals surface area contributed by atoms with Crippen LogP contribution in [0.15, 0.2) is 24.3 Å². The van der Waals surface area contributed by atoms with Gasteiger partial charge in [0, 0.05) is 12.0 Å². The molecule has 5 nitrogen and oxygen atoms in total. The molecule has 1 aromatic carbocycles. The Morgan fingerprint density at radius 1 is 1.32 bits per heavy atom. The first-order valence-corrected chi connectivity index (χ1v) is 8.83. The molecule has 1 saturated carbocycles. The molecule has 1 aliphatic rings. The van der Waals surface area contributed by atoms with Gasteiger partial charge < -0.3 is 15.7 Å². The van der Waals surface area contributed by atoms with E-state index in [4.69, 9.17) is 11.6 Å². The van der Waals surface area contributed by atoms with Gasteiger partial charge in [0.05, 0.1) is 29.1 Å². The lowest BCUT2D eigenvalue weighted by Gasteiger charge is -2.20. The summed E-state index contributed by atoms with van der Waals surface area (Å²) in [6.07, 6.45) is 2.17. The first-order valence-electron chi connectivity index (χ1n) is 8.45. The fourth-order valence-corrected chi connectivity index (χ4v) is 2.73. The Balaban J connectivity index is 1.90. The molecule has 0 radical (unpaired) electrons. The number of para-hydroxylation sites is 1. The minimum atomic E-state index is -0.441. The highest BCUT2D eigenvalue weighted by molar-refractivity contribution is 6.33. The van der Waals surface area contributed by atoms with Gasteiger partial charge in [-0.25, -0.2) is 9.37 Å². The van der Waals surface area contributed by atoms with Crippen LogP contribution in [0.5, 0.6) is 0 Å². The van der Waals surface area contributed by atoms with Crippen molar-refractivity contribution in [2.75, 3.05) is 17.2 Å².